The van der Waals surface area contributed by atoms with Gasteiger partial charge in [0.15, 0.2) is 0 Å². The Bertz CT molecular complexity index is 837. The summed E-state index contributed by atoms with van der Waals surface area (Å²) in [4.78, 5) is 24.7. The van der Waals surface area contributed by atoms with Gasteiger partial charge in [-0.25, -0.2) is 9.78 Å². The zero-order chi connectivity index (χ0) is 24.5. The molecule has 9 atom stereocenters. The largest absolute Gasteiger partial charge is 0.462 e. The Labute approximate surface area is 207 Å². The fourth-order valence-electron chi connectivity index (χ4n) is 9.32. The van der Waals surface area contributed by atoms with Gasteiger partial charge in [0.2, 0.25) is 0 Å². The number of hydrogen-bond acceptors (Lipinski definition) is 4. The van der Waals surface area contributed by atoms with Crippen LogP contribution >= 0.6 is 0 Å². The topological polar surface area (TPSA) is 44.8 Å². The predicted molar refractivity (Wildman–Crippen MR) is 134 cm³/mol. The van der Waals surface area contributed by atoms with Gasteiger partial charge in [0.25, 0.3) is 0 Å². The number of carbonyl (C=O) groups excluding carboxylic acids is 1. The molecule has 34 heavy (non-hydrogen) atoms. The van der Waals surface area contributed by atoms with Crippen LogP contribution in [0.2, 0.25) is 0 Å². The first-order valence-electron chi connectivity index (χ1n) is 14.2. The number of esters is 1. The third-order valence-corrected chi connectivity index (χ3v) is 11.8. The molecule has 3 saturated carbocycles. The van der Waals surface area contributed by atoms with E-state index in [1.165, 1.54) is 44.6 Å². The number of ether oxygens (including phenoxy) is 1. The minimum absolute atomic E-state index is 0.0160. The van der Waals surface area contributed by atoms with Crippen molar-refractivity contribution in [1.82, 2.24) is 0 Å². The third-order valence-electron chi connectivity index (χ3n) is 11.8. The van der Waals surface area contributed by atoms with Gasteiger partial charge in [-0.1, -0.05) is 60.5 Å². The summed E-state index contributed by atoms with van der Waals surface area (Å²) in [6.07, 6.45) is 13.7. The number of fused-ring (bicyclic) bond motifs is 3. The molecule has 2 bridgehead atoms. The van der Waals surface area contributed by atoms with Crippen molar-refractivity contribution in [3.63, 3.8) is 0 Å². The summed E-state index contributed by atoms with van der Waals surface area (Å²) in [6, 6.07) is 0. The first-order chi connectivity index (χ1) is 16.0. The number of carbonyl (C=O) groups is 1. The van der Waals surface area contributed by atoms with E-state index >= 15 is 0 Å². The average Bonchev–Trinajstić information content (AvgIpc) is 3.14. The van der Waals surface area contributed by atoms with Gasteiger partial charge in [-0.05, 0) is 79.6 Å². The van der Waals surface area contributed by atoms with Crippen LogP contribution in [0.15, 0.2) is 11.6 Å². The van der Waals surface area contributed by atoms with Crippen LogP contribution in [0.1, 0.15) is 113 Å². The summed E-state index contributed by atoms with van der Waals surface area (Å²) in [5.74, 6) is 3.43. The molecule has 0 aromatic rings. The molecule has 2 spiro atoms. The molecular formula is C30H48O4. The van der Waals surface area contributed by atoms with Crippen molar-refractivity contribution in [3.05, 3.63) is 11.6 Å². The average molecular weight is 473 g/mol. The number of allylic oxidation sites excluding steroid dienone is 1. The van der Waals surface area contributed by atoms with Crippen LogP contribution in [0.5, 0.6) is 0 Å². The van der Waals surface area contributed by atoms with Crippen molar-refractivity contribution in [2.45, 2.75) is 130 Å². The zero-order valence-corrected chi connectivity index (χ0v) is 22.7. The van der Waals surface area contributed by atoms with Crippen molar-refractivity contribution < 1.29 is 19.3 Å². The van der Waals surface area contributed by atoms with E-state index < -0.39 is 0 Å². The van der Waals surface area contributed by atoms with E-state index in [2.05, 4.69) is 47.6 Å². The highest BCUT2D eigenvalue weighted by Gasteiger charge is 2.73. The van der Waals surface area contributed by atoms with Gasteiger partial charge < -0.3 is 4.74 Å². The Balaban J connectivity index is 1.40. The molecule has 6 rings (SSSR count). The Morgan fingerprint density at radius 2 is 1.82 bits per heavy atom. The van der Waals surface area contributed by atoms with Crippen LogP contribution < -0.4 is 0 Å². The maximum absolute atomic E-state index is 11.6. The van der Waals surface area contributed by atoms with E-state index in [0.29, 0.717) is 5.92 Å². The van der Waals surface area contributed by atoms with Gasteiger partial charge in [0.1, 0.15) is 17.3 Å². The normalized spacial score (nSPS) is 46.8. The molecule has 192 valence electrons. The number of rotatable bonds is 6. The van der Waals surface area contributed by atoms with Crippen molar-refractivity contribution >= 4 is 5.97 Å². The first kappa shape index (κ1) is 24.8. The van der Waals surface area contributed by atoms with E-state index in [-0.39, 0.29) is 34.1 Å². The maximum Gasteiger partial charge on any atom is 0.302 e. The highest BCUT2D eigenvalue weighted by atomic mass is 17.2. The van der Waals surface area contributed by atoms with Crippen molar-refractivity contribution in [2.24, 2.45) is 40.4 Å². The van der Waals surface area contributed by atoms with E-state index in [4.69, 9.17) is 14.5 Å². The molecule has 0 amide bonds. The van der Waals surface area contributed by atoms with Crippen molar-refractivity contribution in [2.75, 3.05) is 0 Å². The van der Waals surface area contributed by atoms with E-state index in [1.54, 1.807) is 0 Å². The molecule has 0 aromatic heterocycles. The van der Waals surface area contributed by atoms with Crippen molar-refractivity contribution in [1.29, 1.82) is 0 Å². The lowest BCUT2D eigenvalue weighted by Gasteiger charge is -2.69. The highest BCUT2D eigenvalue weighted by Crippen LogP contribution is 2.73. The predicted octanol–water partition coefficient (Wildman–Crippen LogP) is 7.41. The Morgan fingerprint density at radius 1 is 1.06 bits per heavy atom. The molecular weight excluding hydrogens is 424 g/mol. The number of hydrogen-bond donors (Lipinski definition) is 0. The van der Waals surface area contributed by atoms with Gasteiger partial charge in [-0.15, -0.1) is 0 Å². The van der Waals surface area contributed by atoms with Crippen LogP contribution in [0, 0.1) is 40.4 Å². The summed E-state index contributed by atoms with van der Waals surface area (Å²) in [5.41, 5.74) is 1.19. The SMILES string of the molecule is CC(=O)OC1CCC2(C)C3=CCC4(C)C(C(C)CCC(C)C(C)C)CCC4C34CCC2(C1)OO4. The van der Waals surface area contributed by atoms with Crippen LogP contribution in [-0.2, 0) is 19.3 Å². The standard InChI is InChI=1S/C30H48O4/c1-19(2)20(3)8-9-21(4)24-10-11-25-27(24,6)14-13-26-28(7)15-12-23(32-22(5)31)18-29(28)16-17-30(25,26)34-33-29/h13,19-21,23-25H,8-12,14-18H2,1-7H3. The second kappa shape index (κ2) is 8.33. The van der Waals surface area contributed by atoms with Gasteiger partial charge in [0.05, 0.1) is 0 Å². The molecule has 4 heteroatoms. The molecule has 0 aromatic carbocycles. The molecule has 9 unspecified atom stereocenters. The zero-order valence-electron chi connectivity index (χ0n) is 22.7. The van der Waals surface area contributed by atoms with E-state index in [0.717, 1.165) is 55.8 Å². The van der Waals surface area contributed by atoms with E-state index in [9.17, 15) is 4.79 Å². The van der Waals surface area contributed by atoms with Crippen LogP contribution in [0.4, 0.5) is 0 Å². The molecule has 2 saturated heterocycles. The lowest BCUT2D eigenvalue weighted by molar-refractivity contribution is -0.494. The molecule has 0 radical (unpaired) electrons. The van der Waals surface area contributed by atoms with Crippen LogP contribution in [-0.4, -0.2) is 23.3 Å². The second-order valence-electron chi connectivity index (χ2n) is 13.7. The summed E-state index contributed by atoms with van der Waals surface area (Å²) < 4.78 is 5.65. The minimum atomic E-state index is -0.356. The fourth-order valence-corrected chi connectivity index (χ4v) is 9.32. The fraction of sp³-hybridized carbons (Fsp3) is 0.900. The molecule has 2 aliphatic heterocycles. The molecule has 5 fully saturated rings. The first-order valence-corrected chi connectivity index (χ1v) is 14.2. The quantitative estimate of drug-likeness (QED) is 0.229. The molecule has 6 aliphatic rings. The van der Waals surface area contributed by atoms with Gasteiger partial charge >= 0.3 is 5.97 Å². The Morgan fingerprint density at radius 3 is 2.47 bits per heavy atom. The lowest BCUT2D eigenvalue weighted by atomic mass is 9.44. The molecule has 2 heterocycles. The second-order valence-corrected chi connectivity index (χ2v) is 13.7. The summed E-state index contributed by atoms with van der Waals surface area (Å²) >= 11 is 0. The van der Waals surface area contributed by atoms with Crippen LogP contribution in [0.25, 0.3) is 0 Å². The maximum atomic E-state index is 11.6. The third kappa shape index (κ3) is 3.40. The monoisotopic (exact) mass is 472 g/mol. The molecule has 4 aliphatic carbocycles. The van der Waals surface area contributed by atoms with Crippen molar-refractivity contribution in [3.8, 4) is 0 Å². The lowest BCUT2D eigenvalue weighted by Crippen LogP contribution is -2.71. The van der Waals surface area contributed by atoms with E-state index in [1.807, 2.05) is 0 Å². The summed E-state index contributed by atoms with van der Waals surface area (Å²) in [6.45, 7) is 16.2. The van der Waals surface area contributed by atoms with Crippen LogP contribution in [0.3, 0.4) is 0 Å². The molecule has 4 nitrogen and oxygen atoms in total. The summed E-state index contributed by atoms with van der Waals surface area (Å²) in [7, 11) is 0. The van der Waals surface area contributed by atoms with Gasteiger partial charge in [-0.2, -0.15) is 0 Å². The summed E-state index contributed by atoms with van der Waals surface area (Å²) in [5, 5.41) is 0. The minimum Gasteiger partial charge on any atom is -0.462 e. The van der Waals surface area contributed by atoms with Gasteiger partial charge in [0, 0.05) is 24.7 Å². The molecule has 0 N–H and O–H groups in total. The Kier molecular flexibility index (Phi) is 6.08. The Hall–Kier alpha value is -0.870. The highest BCUT2D eigenvalue weighted by molar-refractivity contribution is 5.66. The van der Waals surface area contributed by atoms with Gasteiger partial charge in [-0.3, -0.25) is 4.79 Å². The smallest absolute Gasteiger partial charge is 0.302 e.